The van der Waals surface area contributed by atoms with E-state index < -0.39 is 0 Å². The summed E-state index contributed by atoms with van der Waals surface area (Å²) >= 11 is 0. The molecule has 0 aliphatic heterocycles. The third-order valence-electron chi connectivity index (χ3n) is 3.14. The van der Waals surface area contributed by atoms with Crippen molar-refractivity contribution < 1.29 is 5.21 Å². The number of rotatable bonds is 2. The first-order valence-corrected chi connectivity index (χ1v) is 6.12. The summed E-state index contributed by atoms with van der Waals surface area (Å²) in [5, 5.41) is 12.2. The van der Waals surface area contributed by atoms with Gasteiger partial charge in [-0.15, -0.1) is 0 Å². The summed E-state index contributed by atoms with van der Waals surface area (Å²) in [5.74, 6) is 0. The van der Waals surface area contributed by atoms with Crippen LogP contribution in [0.15, 0.2) is 23.5 Å². The van der Waals surface area contributed by atoms with Crippen LogP contribution < -0.4 is 0 Å². The van der Waals surface area contributed by atoms with Crippen LogP contribution in [0.2, 0.25) is 0 Å². The van der Waals surface area contributed by atoms with Gasteiger partial charge in [-0.2, -0.15) is 0 Å². The van der Waals surface area contributed by atoms with Gasteiger partial charge in [0, 0.05) is 11.9 Å². The Hall–Kier alpha value is -1.64. The number of hydrogen-bond acceptors (Lipinski definition) is 3. The molecule has 0 spiro atoms. The van der Waals surface area contributed by atoms with E-state index in [0.717, 1.165) is 37.1 Å². The van der Waals surface area contributed by atoms with E-state index in [1.54, 1.807) is 0 Å². The molecule has 1 aromatic heterocycles. The lowest BCUT2D eigenvalue weighted by Gasteiger charge is -2.16. The van der Waals surface area contributed by atoms with Gasteiger partial charge in [-0.25, -0.2) is 0 Å². The standard InChI is InChI=1S/C14H18N2O/c1-3-14-13(7-10(2)9-15-14)11-5-4-6-12(8-11)16-17/h7-9,17H,3-6H2,1-2H3/b16-12+. The molecule has 3 heteroatoms. The van der Waals surface area contributed by atoms with Gasteiger partial charge >= 0.3 is 0 Å². The van der Waals surface area contributed by atoms with Crippen molar-refractivity contribution in [3.8, 4) is 0 Å². The highest BCUT2D eigenvalue weighted by Gasteiger charge is 2.14. The zero-order chi connectivity index (χ0) is 12.3. The van der Waals surface area contributed by atoms with Crippen molar-refractivity contribution >= 4 is 11.3 Å². The summed E-state index contributed by atoms with van der Waals surface area (Å²) < 4.78 is 0. The fourth-order valence-corrected chi connectivity index (χ4v) is 2.25. The third kappa shape index (κ3) is 2.54. The number of hydrogen-bond donors (Lipinski definition) is 1. The molecule has 0 radical (unpaired) electrons. The van der Waals surface area contributed by atoms with Gasteiger partial charge in [0.25, 0.3) is 0 Å². The topological polar surface area (TPSA) is 45.5 Å². The Bertz CT molecular complexity index is 475. The first-order valence-electron chi connectivity index (χ1n) is 6.12. The van der Waals surface area contributed by atoms with Gasteiger partial charge in [-0.1, -0.05) is 12.1 Å². The van der Waals surface area contributed by atoms with Gasteiger partial charge in [0.2, 0.25) is 0 Å². The van der Waals surface area contributed by atoms with Crippen LogP contribution >= 0.6 is 0 Å². The quantitative estimate of drug-likeness (QED) is 0.625. The Morgan fingerprint density at radius 2 is 2.24 bits per heavy atom. The number of pyridine rings is 1. The first kappa shape index (κ1) is 11.8. The van der Waals surface area contributed by atoms with Crippen LogP contribution in [-0.2, 0) is 6.42 Å². The van der Waals surface area contributed by atoms with Crippen LogP contribution in [-0.4, -0.2) is 15.9 Å². The molecule has 2 rings (SSSR count). The Morgan fingerprint density at radius 1 is 1.41 bits per heavy atom. The number of allylic oxidation sites excluding steroid dienone is 2. The predicted octanol–water partition coefficient (Wildman–Crippen LogP) is 3.35. The molecular formula is C14H18N2O. The van der Waals surface area contributed by atoms with Crippen LogP contribution in [0.5, 0.6) is 0 Å². The molecule has 90 valence electrons. The Morgan fingerprint density at radius 3 is 2.94 bits per heavy atom. The molecule has 0 unspecified atom stereocenters. The van der Waals surface area contributed by atoms with E-state index in [9.17, 15) is 0 Å². The smallest absolute Gasteiger partial charge is 0.0798 e. The fraction of sp³-hybridized carbons (Fsp3) is 0.429. The van der Waals surface area contributed by atoms with Crippen LogP contribution in [0.25, 0.3) is 5.57 Å². The van der Waals surface area contributed by atoms with E-state index in [4.69, 9.17) is 5.21 Å². The SMILES string of the molecule is CCc1ncc(C)cc1C1=C/C(=N/O)CCC1. The monoisotopic (exact) mass is 230 g/mol. The molecule has 0 atom stereocenters. The van der Waals surface area contributed by atoms with E-state index >= 15 is 0 Å². The van der Waals surface area contributed by atoms with Crippen LogP contribution in [0.3, 0.4) is 0 Å². The van der Waals surface area contributed by atoms with Crippen molar-refractivity contribution in [3.63, 3.8) is 0 Å². The van der Waals surface area contributed by atoms with Crippen LogP contribution in [0.1, 0.15) is 43.0 Å². The van der Waals surface area contributed by atoms with Gasteiger partial charge in [0.1, 0.15) is 0 Å². The van der Waals surface area contributed by atoms with E-state index in [1.165, 1.54) is 16.7 Å². The second-order valence-corrected chi connectivity index (χ2v) is 4.47. The lowest BCUT2D eigenvalue weighted by Crippen LogP contribution is -2.05. The van der Waals surface area contributed by atoms with Gasteiger partial charge in [0.05, 0.1) is 5.71 Å². The summed E-state index contributed by atoms with van der Waals surface area (Å²) in [7, 11) is 0. The molecule has 1 heterocycles. The maximum Gasteiger partial charge on any atom is 0.0798 e. The van der Waals surface area contributed by atoms with Crippen LogP contribution in [0.4, 0.5) is 0 Å². The molecule has 0 aromatic carbocycles. The number of aryl methyl sites for hydroxylation is 2. The highest BCUT2D eigenvalue weighted by molar-refractivity contribution is 6.02. The van der Waals surface area contributed by atoms with Gasteiger partial charge in [-0.3, -0.25) is 4.98 Å². The molecule has 17 heavy (non-hydrogen) atoms. The lowest BCUT2D eigenvalue weighted by atomic mass is 9.90. The largest absolute Gasteiger partial charge is 0.411 e. The summed E-state index contributed by atoms with van der Waals surface area (Å²) in [6.45, 7) is 4.17. The molecular weight excluding hydrogens is 212 g/mol. The zero-order valence-electron chi connectivity index (χ0n) is 10.4. The fourth-order valence-electron chi connectivity index (χ4n) is 2.25. The van der Waals surface area contributed by atoms with Crippen molar-refractivity contribution in [1.29, 1.82) is 0 Å². The number of aromatic nitrogens is 1. The summed E-state index contributed by atoms with van der Waals surface area (Å²) in [6.07, 6.45) is 7.78. The Balaban J connectivity index is 2.45. The third-order valence-corrected chi connectivity index (χ3v) is 3.14. The number of nitrogens with zero attached hydrogens (tertiary/aromatic N) is 2. The summed E-state index contributed by atoms with van der Waals surface area (Å²) in [5.41, 5.74) is 5.53. The molecule has 0 saturated heterocycles. The lowest BCUT2D eigenvalue weighted by molar-refractivity contribution is 0.318. The summed E-state index contributed by atoms with van der Waals surface area (Å²) in [4.78, 5) is 4.48. The minimum absolute atomic E-state index is 0.773. The predicted molar refractivity (Wildman–Crippen MR) is 69.4 cm³/mol. The molecule has 1 N–H and O–H groups in total. The van der Waals surface area contributed by atoms with E-state index in [-0.39, 0.29) is 0 Å². The van der Waals surface area contributed by atoms with Crippen molar-refractivity contribution in [3.05, 3.63) is 35.2 Å². The Kier molecular flexibility index (Phi) is 3.57. The first-order chi connectivity index (χ1) is 8.24. The minimum atomic E-state index is 0.773. The maximum atomic E-state index is 8.86. The second kappa shape index (κ2) is 5.13. The molecule has 1 aliphatic carbocycles. The molecule has 3 nitrogen and oxygen atoms in total. The molecule has 0 fully saturated rings. The van der Waals surface area contributed by atoms with Crippen molar-refractivity contribution in [2.75, 3.05) is 0 Å². The highest BCUT2D eigenvalue weighted by atomic mass is 16.4. The van der Waals surface area contributed by atoms with Gasteiger partial charge < -0.3 is 5.21 Å². The molecule has 1 aromatic rings. The van der Waals surface area contributed by atoms with Gasteiger partial charge in [-0.05, 0) is 61.4 Å². The molecule has 1 aliphatic rings. The van der Waals surface area contributed by atoms with Gasteiger partial charge in [0.15, 0.2) is 0 Å². The Labute approximate surface area is 102 Å². The van der Waals surface area contributed by atoms with Crippen molar-refractivity contribution in [1.82, 2.24) is 4.98 Å². The van der Waals surface area contributed by atoms with Crippen molar-refractivity contribution in [2.24, 2.45) is 5.16 Å². The van der Waals surface area contributed by atoms with E-state index in [1.807, 2.05) is 12.3 Å². The summed E-state index contributed by atoms with van der Waals surface area (Å²) in [6, 6.07) is 2.18. The highest BCUT2D eigenvalue weighted by Crippen LogP contribution is 2.28. The van der Waals surface area contributed by atoms with E-state index in [0.29, 0.717) is 0 Å². The number of oxime groups is 1. The normalized spacial score (nSPS) is 18.2. The van der Waals surface area contributed by atoms with E-state index in [2.05, 4.69) is 30.1 Å². The maximum absolute atomic E-state index is 8.86. The second-order valence-electron chi connectivity index (χ2n) is 4.47. The molecule has 0 saturated carbocycles. The van der Waals surface area contributed by atoms with Crippen molar-refractivity contribution in [2.45, 2.75) is 39.5 Å². The molecule has 0 bridgehead atoms. The zero-order valence-corrected chi connectivity index (χ0v) is 10.4. The molecule has 0 amide bonds. The average Bonchev–Trinajstić information content (AvgIpc) is 2.39. The average molecular weight is 230 g/mol. The minimum Gasteiger partial charge on any atom is -0.411 e. The van der Waals surface area contributed by atoms with Crippen LogP contribution in [0, 0.1) is 6.92 Å².